The van der Waals surface area contributed by atoms with E-state index in [0.29, 0.717) is 10.9 Å². The Morgan fingerprint density at radius 3 is 2.31 bits per heavy atom. The highest BCUT2D eigenvalue weighted by Gasteiger charge is 2.23. The molecule has 1 rings (SSSR count). The predicted octanol–water partition coefficient (Wildman–Crippen LogP) is 3.14. The molecule has 2 nitrogen and oxygen atoms in total. The van der Waals surface area contributed by atoms with E-state index >= 15 is 0 Å². The third kappa shape index (κ3) is 2.58. The van der Waals surface area contributed by atoms with E-state index in [4.69, 9.17) is 0 Å². The van der Waals surface area contributed by atoms with Gasteiger partial charge < -0.3 is 4.74 Å². The molecule has 88 valence electrons. The molecule has 0 fully saturated rings. The van der Waals surface area contributed by atoms with Gasteiger partial charge in [0.1, 0.15) is 11.6 Å². The lowest BCUT2D eigenvalue weighted by molar-refractivity contribution is -0.142. The van der Waals surface area contributed by atoms with Gasteiger partial charge in [0.25, 0.3) is 0 Å². The molecule has 0 saturated heterocycles. The van der Waals surface area contributed by atoms with Crippen LogP contribution in [0.15, 0.2) is 12.1 Å². The predicted molar refractivity (Wildman–Crippen MR) is 59.4 cm³/mol. The number of methoxy groups -OCH3 is 1. The summed E-state index contributed by atoms with van der Waals surface area (Å²) in [6.45, 7) is 1.40. The Labute approximate surface area is 101 Å². The molecule has 0 saturated carbocycles. The molecule has 0 heterocycles. The second-order valence-electron chi connectivity index (χ2n) is 3.35. The molecule has 0 amide bonds. The van der Waals surface area contributed by atoms with Gasteiger partial charge in [0.15, 0.2) is 0 Å². The Kier molecular flexibility index (Phi) is 4.41. The number of halogens is 3. The van der Waals surface area contributed by atoms with Crippen LogP contribution in [0.4, 0.5) is 8.78 Å². The number of rotatable bonds is 3. The van der Waals surface area contributed by atoms with Crippen molar-refractivity contribution in [3.63, 3.8) is 0 Å². The topological polar surface area (TPSA) is 26.3 Å². The van der Waals surface area contributed by atoms with Gasteiger partial charge in [-0.2, -0.15) is 0 Å². The number of hydrogen-bond donors (Lipinski definition) is 0. The Bertz CT molecular complexity index is 384. The number of hydrogen-bond acceptors (Lipinski definition) is 2. The van der Waals surface area contributed by atoms with E-state index < -0.39 is 23.5 Å². The molecule has 1 atom stereocenters. The number of carbonyl (C=O) groups is 1. The van der Waals surface area contributed by atoms with Crippen LogP contribution in [0, 0.1) is 11.6 Å². The number of esters is 1. The highest BCUT2D eigenvalue weighted by molar-refractivity contribution is 9.08. The molecule has 0 spiro atoms. The quantitative estimate of drug-likeness (QED) is 0.632. The van der Waals surface area contributed by atoms with Crippen molar-refractivity contribution < 1.29 is 18.3 Å². The van der Waals surface area contributed by atoms with Crippen molar-refractivity contribution in [3.8, 4) is 0 Å². The highest BCUT2D eigenvalue weighted by Crippen LogP contribution is 2.25. The van der Waals surface area contributed by atoms with E-state index in [-0.39, 0.29) is 5.56 Å². The average molecular weight is 293 g/mol. The highest BCUT2D eigenvalue weighted by atomic mass is 79.9. The van der Waals surface area contributed by atoms with Crippen LogP contribution in [0.1, 0.15) is 24.0 Å². The normalized spacial score (nSPS) is 12.3. The van der Waals surface area contributed by atoms with Crippen LogP contribution in [0.2, 0.25) is 0 Å². The van der Waals surface area contributed by atoms with Crippen molar-refractivity contribution >= 4 is 21.9 Å². The number of carbonyl (C=O) groups excluding carboxylic acids is 1. The van der Waals surface area contributed by atoms with Crippen molar-refractivity contribution in [3.05, 3.63) is 34.9 Å². The maximum atomic E-state index is 13.6. The molecule has 0 aromatic heterocycles. The summed E-state index contributed by atoms with van der Waals surface area (Å²) in [4.78, 5) is 11.2. The first-order valence-electron chi connectivity index (χ1n) is 4.62. The molecule has 1 aromatic rings. The zero-order chi connectivity index (χ0) is 12.3. The summed E-state index contributed by atoms with van der Waals surface area (Å²) < 4.78 is 31.6. The summed E-state index contributed by atoms with van der Waals surface area (Å²) >= 11 is 3.11. The minimum Gasteiger partial charge on any atom is -0.469 e. The largest absolute Gasteiger partial charge is 0.469 e. The summed E-state index contributed by atoms with van der Waals surface area (Å²) in [5, 5.41) is 0.355. The Morgan fingerprint density at radius 1 is 1.44 bits per heavy atom. The van der Waals surface area contributed by atoms with Crippen molar-refractivity contribution in [2.45, 2.75) is 18.2 Å². The van der Waals surface area contributed by atoms with Crippen molar-refractivity contribution in [1.29, 1.82) is 0 Å². The molecule has 1 unspecified atom stereocenters. The molecular formula is C11H11BrF2O2. The zero-order valence-corrected chi connectivity index (χ0v) is 10.5. The molecule has 1 aromatic carbocycles. The maximum Gasteiger partial charge on any atom is 0.313 e. The van der Waals surface area contributed by atoms with Gasteiger partial charge in [-0.3, -0.25) is 4.79 Å². The van der Waals surface area contributed by atoms with Gasteiger partial charge >= 0.3 is 5.97 Å². The molecule has 0 N–H and O–H groups in total. The summed E-state index contributed by atoms with van der Waals surface area (Å²) in [7, 11) is 1.18. The molecule has 16 heavy (non-hydrogen) atoms. The monoisotopic (exact) mass is 292 g/mol. The van der Waals surface area contributed by atoms with Gasteiger partial charge in [-0.15, -0.1) is 0 Å². The summed E-state index contributed by atoms with van der Waals surface area (Å²) in [5.74, 6) is -3.07. The lowest BCUT2D eigenvalue weighted by atomic mass is 9.98. The lowest BCUT2D eigenvalue weighted by Crippen LogP contribution is -2.14. The first-order valence-corrected chi connectivity index (χ1v) is 5.75. The summed E-state index contributed by atoms with van der Waals surface area (Å²) in [6, 6.07) is 2.40. The summed E-state index contributed by atoms with van der Waals surface area (Å²) in [6.07, 6.45) is 0. The molecule has 0 aliphatic heterocycles. The van der Waals surface area contributed by atoms with Crippen LogP contribution in [-0.2, 0) is 14.9 Å². The van der Waals surface area contributed by atoms with E-state index in [1.54, 1.807) is 0 Å². The third-order valence-corrected chi connectivity index (χ3v) is 2.93. The second kappa shape index (κ2) is 5.39. The Balaban J connectivity index is 3.19. The smallest absolute Gasteiger partial charge is 0.313 e. The zero-order valence-electron chi connectivity index (χ0n) is 8.89. The van der Waals surface area contributed by atoms with E-state index in [9.17, 15) is 13.6 Å². The van der Waals surface area contributed by atoms with Crippen LogP contribution in [-0.4, -0.2) is 13.1 Å². The van der Waals surface area contributed by atoms with Gasteiger partial charge in [-0.25, -0.2) is 8.78 Å². The lowest BCUT2D eigenvalue weighted by Gasteiger charge is -2.12. The molecule has 0 aliphatic carbocycles. The van der Waals surface area contributed by atoms with Gasteiger partial charge in [0, 0.05) is 10.9 Å². The van der Waals surface area contributed by atoms with Crippen LogP contribution < -0.4 is 0 Å². The SMILES string of the molecule is COC(=O)C(C)c1c(F)cc(CBr)cc1F. The molecule has 5 heteroatoms. The van der Waals surface area contributed by atoms with E-state index in [2.05, 4.69) is 20.7 Å². The minimum absolute atomic E-state index is 0.253. The van der Waals surface area contributed by atoms with Crippen LogP contribution in [0.5, 0.6) is 0 Å². The van der Waals surface area contributed by atoms with Gasteiger partial charge in [-0.1, -0.05) is 15.9 Å². The molecular weight excluding hydrogens is 282 g/mol. The first kappa shape index (κ1) is 13.1. The van der Waals surface area contributed by atoms with Crippen LogP contribution >= 0.6 is 15.9 Å². The van der Waals surface area contributed by atoms with Crippen LogP contribution in [0.25, 0.3) is 0 Å². The number of alkyl halides is 1. The van der Waals surface area contributed by atoms with Crippen molar-refractivity contribution in [2.75, 3.05) is 7.11 Å². The van der Waals surface area contributed by atoms with Gasteiger partial charge in [-0.05, 0) is 24.6 Å². The summed E-state index contributed by atoms with van der Waals surface area (Å²) in [5.41, 5.74) is 0.229. The van der Waals surface area contributed by atoms with E-state index in [0.717, 1.165) is 0 Å². The van der Waals surface area contributed by atoms with E-state index in [1.807, 2.05) is 0 Å². The van der Waals surface area contributed by atoms with Crippen LogP contribution in [0.3, 0.4) is 0 Å². The first-order chi connectivity index (χ1) is 7.51. The Hall–Kier alpha value is -0.970. The van der Waals surface area contributed by atoms with Crippen molar-refractivity contribution in [1.82, 2.24) is 0 Å². The van der Waals surface area contributed by atoms with E-state index in [1.165, 1.54) is 26.2 Å². The number of benzene rings is 1. The van der Waals surface area contributed by atoms with Gasteiger partial charge in [0.2, 0.25) is 0 Å². The molecule has 0 aliphatic rings. The standard InChI is InChI=1S/C11H11BrF2O2/c1-6(11(15)16-2)10-8(13)3-7(5-12)4-9(10)14/h3-4,6H,5H2,1-2H3. The number of ether oxygens (including phenoxy) is 1. The fourth-order valence-corrected chi connectivity index (χ4v) is 1.75. The van der Waals surface area contributed by atoms with Crippen molar-refractivity contribution in [2.24, 2.45) is 0 Å². The second-order valence-corrected chi connectivity index (χ2v) is 3.91. The third-order valence-electron chi connectivity index (χ3n) is 2.28. The average Bonchev–Trinajstić information content (AvgIpc) is 2.26. The minimum atomic E-state index is -0.950. The Morgan fingerprint density at radius 2 is 1.94 bits per heavy atom. The molecule has 0 radical (unpaired) electrons. The fraction of sp³-hybridized carbons (Fsp3) is 0.364. The fourth-order valence-electron chi connectivity index (χ4n) is 1.42. The maximum absolute atomic E-state index is 13.6. The van der Waals surface area contributed by atoms with Gasteiger partial charge in [0.05, 0.1) is 13.0 Å². The molecule has 0 bridgehead atoms.